The molecule has 36 heavy (non-hydrogen) atoms. The zero-order chi connectivity index (χ0) is 26.4. The molecular weight excluding hydrogens is 488 g/mol. The third-order valence-electron chi connectivity index (χ3n) is 5.38. The molecule has 0 aliphatic carbocycles. The standard InChI is InChI=1S/C25H27ClN4O6/c1-4-36-20-7-5-6-18(26)17(20)13-30-24(34)22(23(33)15(3)29-30)28-25(35)27-19(12-21(31)32)16-10-8-14(2)9-11-16/h5-11,19,33H,4,12-13H2,1-3H3,(H,31,32)(H2,27,28,35)/t19-/m0/s1. The van der Waals surface area contributed by atoms with Gasteiger partial charge in [0.05, 0.1) is 25.6 Å². The molecule has 10 nitrogen and oxygen atoms in total. The lowest BCUT2D eigenvalue weighted by Gasteiger charge is -2.19. The lowest BCUT2D eigenvalue weighted by molar-refractivity contribution is -0.137. The zero-order valence-corrected chi connectivity index (χ0v) is 20.8. The van der Waals surface area contributed by atoms with Crippen LogP contribution < -0.4 is 20.9 Å². The number of hydrogen-bond acceptors (Lipinski definition) is 6. The summed E-state index contributed by atoms with van der Waals surface area (Å²) < 4.78 is 6.66. The van der Waals surface area contributed by atoms with Crippen molar-refractivity contribution in [3.05, 3.63) is 80.2 Å². The normalized spacial score (nSPS) is 11.6. The maximum absolute atomic E-state index is 13.2. The summed E-state index contributed by atoms with van der Waals surface area (Å²) in [6.45, 7) is 5.49. The number of aromatic nitrogens is 2. The van der Waals surface area contributed by atoms with Crippen molar-refractivity contribution in [3.8, 4) is 11.5 Å². The van der Waals surface area contributed by atoms with Crippen LogP contribution in [0.25, 0.3) is 0 Å². The zero-order valence-electron chi connectivity index (χ0n) is 20.0. The number of anilines is 1. The second-order valence-corrected chi connectivity index (χ2v) is 8.49. The maximum Gasteiger partial charge on any atom is 0.319 e. The van der Waals surface area contributed by atoms with Gasteiger partial charge in [-0.15, -0.1) is 0 Å². The highest BCUT2D eigenvalue weighted by molar-refractivity contribution is 6.31. The van der Waals surface area contributed by atoms with Crippen molar-refractivity contribution in [3.63, 3.8) is 0 Å². The van der Waals surface area contributed by atoms with Crippen molar-refractivity contribution in [1.82, 2.24) is 15.1 Å². The van der Waals surface area contributed by atoms with E-state index in [1.54, 1.807) is 42.5 Å². The first kappa shape index (κ1) is 26.6. The van der Waals surface area contributed by atoms with Crippen LogP contribution in [-0.4, -0.2) is 38.6 Å². The minimum absolute atomic E-state index is 0.0732. The van der Waals surface area contributed by atoms with E-state index in [1.807, 2.05) is 13.8 Å². The van der Waals surface area contributed by atoms with Gasteiger partial charge >= 0.3 is 12.0 Å². The van der Waals surface area contributed by atoms with Crippen LogP contribution >= 0.6 is 11.6 Å². The number of aryl methyl sites for hydroxylation is 2. The molecule has 190 valence electrons. The van der Waals surface area contributed by atoms with E-state index in [2.05, 4.69) is 15.7 Å². The molecule has 1 atom stereocenters. The van der Waals surface area contributed by atoms with Gasteiger partial charge in [-0.2, -0.15) is 5.10 Å². The number of rotatable bonds is 9. The predicted molar refractivity (Wildman–Crippen MR) is 135 cm³/mol. The van der Waals surface area contributed by atoms with Crippen molar-refractivity contribution in [1.29, 1.82) is 0 Å². The maximum atomic E-state index is 13.2. The van der Waals surface area contributed by atoms with Gasteiger partial charge < -0.3 is 20.3 Å². The van der Waals surface area contributed by atoms with Crippen LogP contribution in [0.15, 0.2) is 47.3 Å². The summed E-state index contributed by atoms with van der Waals surface area (Å²) in [5.41, 5.74) is 0.977. The summed E-state index contributed by atoms with van der Waals surface area (Å²) in [5.74, 6) is -1.14. The number of hydrogen-bond donors (Lipinski definition) is 4. The number of carbonyl (C=O) groups is 2. The molecule has 0 saturated carbocycles. The Bertz CT molecular complexity index is 1320. The average Bonchev–Trinajstić information content (AvgIpc) is 2.82. The highest BCUT2D eigenvalue weighted by Gasteiger charge is 2.22. The Morgan fingerprint density at radius 3 is 2.50 bits per heavy atom. The molecule has 1 aromatic heterocycles. The minimum atomic E-state index is -1.12. The summed E-state index contributed by atoms with van der Waals surface area (Å²) >= 11 is 6.33. The van der Waals surface area contributed by atoms with Gasteiger partial charge in [0, 0.05) is 10.6 Å². The van der Waals surface area contributed by atoms with Gasteiger partial charge in [0.25, 0.3) is 5.56 Å². The third-order valence-corrected chi connectivity index (χ3v) is 5.74. The first-order valence-corrected chi connectivity index (χ1v) is 11.5. The number of carboxylic acids is 1. The number of benzene rings is 2. The molecule has 0 bridgehead atoms. The summed E-state index contributed by atoms with van der Waals surface area (Å²) in [6, 6.07) is 10.4. The number of halogens is 1. The quantitative estimate of drug-likeness (QED) is 0.338. The number of amides is 2. The highest BCUT2D eigenvalue weighted by Crippen LogP contribution is 2.28. The fraction of sp³-hybridized carbons (Fsp3) is 0.280. The fourth-order valence-electron chi connectivity index (χ4n) is 3.57. The summed E-state index contributed by atoms with van der Waals surface area (Å²) in [6.07, 6.45) is -0.380. The first-order chi connectivity index (χ1) is 17.1. The SMILES string of the molecule is CCOc1cccc(Cl)c1Cn1nc(C)c(O)c(NC(=O)N[C@@H](CC(=O)O)c2ccc(C)cc2)c1=O. The minimum Gasteiger partial charge on any atom is -0.504 e. The molecule has 0 unspecified atom stereocenters. The fourth-order valence-corrected chi connectivity index (χ4v) is 3.80. The largest absolute Gasteiger partial charge is 0.504 e. The Balaban J connectivity index is 1.90. The van der Waals surface area contributed by atoms with E-state index in [4.69, 9.17) is 16.3 Å². The van der Waals surface area contributed by atoms with Gasteiger partial charge in [-0.3, -0.25) is 14.9 Å². The number of aromatic hydroxyl groups is 1. The van der Waals surface area contributed by atoms with Gasteiger partial charge in [0.2, 0.25) is 0 Å². The molecule has 4 N–H and O–H groups in total. The number of carbonyl (C=O) groups excluding carboxylic acids is 1. The Hall–Kier alpha value is -4.05. The lowest BCUT2D eigenvalue weighted by atomic mass is 10.0. The van der Waals surface area contributed by atoms with Crippen molar-refractivity contribution in [2.45, 2.75) is 39.8 Å². The number of aliphatic carboxylic acids is 1. The number of nitrogens with zero attached hydrogens (tertiary/aromatic N) is 2. The topological polar surface area (TPSA) is 143 Å². The summed E-state index contributed by atoms with van der Waals surface area (Å²) in [4.78, 5) is 37.3. The first-order valence-electron chi connectivity index (χ1n) is 11.2. The second kappa shape index (κ2) is 11.6. The Morgan fingerprint density at radius 1 is 1.17 bits per heavy atom. The van der Waals surface area contributed by atoms with Gasteiger partial charge in [-0.1, -0.05) is 47.5 Å². The van der Waals surface area contributed by atoms with E-state index < -0.39 is 35.0 Å². The third kappa shape index (κ3) is 6.33. The number of nitrogens with one attached hydrogen (secondary N) is 2. The molecule has 2 amide bonds. The molecular formula is C25H27ClN4O6. The van der Waals surface area contributed by atoms with Crippen molar-refractivity contribution >= 4 is 29.3 Å². The summed E-state index contributed by atoms with van der Waals surface area (Å²) in [5, 5.41) is 29.2. The Labute approximate surface area is 212 Å². The van der Waals surface area contributed by atoms with E-state index in [-0.39, 0.29) is 18.7 Å². The molecule has 3 rings (SSSR count). The molecule has 0 radical (unpaired) electrons. The summed E-state index contributed by atoms with van der Waals surface area (Å²) in [7, 11) is 0. The van der Waals surface area contributed by atoms with Gasteiger partial charge in [0.1, 0.15) is 11.4 Å². The molecule has 0 spiro atoms. The molecule has 0 aliphatic heterocycles. The molecule has 3 aromatic rings. The average molecular weight is 515 g/mol. The molecule has 2 aromatic carbocycles. The van der Waals surface area contributed by atoms with Crippen LogP contribution in [0.1, 0.15) is 41.8 Å². The van der Waals surface area contributed by atoms with Crippen LogP contribution in [0.3, 0.4) is 0 Å². The number of ether oxygens (including phenoxy) is 1. The van der Waals surface area contributed by atoms with E-state index in [9.17, 15) is 24.6 Å². The Morgan fingerprint density at radius 2 is 1.86 bits per heavy atom. The van der Waals surface area contributed by atoms with E-state index in [0.29, 0.717) is 28.5 Å². The predicted octanol–water partition coefficient (Wildman–Crippen LogP) is 4.00. The van der Waals surface area contributed by atoms with E-state index >= 15 is 0 Å². The smallest absolute Gasteiger partial charge is 0.319 e. The molecule has 11 heteroatoms. The van der Waals surface area contributed by atoms with E-state index in [0.717, 1.165) is 10.2 Å². The van der Waals surface area contributed by atoms with Gasteiger partial charge in [-0.25, -0.2) is 9.48 Å². The van der Waals surface area contributed by atoms with Crippen LogP contribution in [0.5, 0.6) is 11.5 Å². The Kier molecular flexibility index (Phi) is 8.55. The van der Waals surface area contributed by atoms with Crippen molar-refractivity contribution < 1.29 is 24.5 Å². The molecule has 0 saturated heterocycles. The number of carboxylic acid groups (broad SMARTS) is 1. The molecule has 0 fully saturated rings. The van der Waals surface area contributed by atoms with Crippen molar-refractivity contribution in [2.75, 3.05) is 11.9 Å². The van der Waals surface area contributed by atoms with Gasteiger partial charge in [0.15, 0.2) is 11.4 Å². The van der Waals surface area contributed by atoms with Crippen molar-refractivity contribution in [2.24, 2.45) is 0 Å². The van der Waals surface area contributed by atoms with Crippen LogP contribution in [-0.2, 0) is 11.3 Å². The monoisotopic (exact) mass is 514 g/mol. The highest BCUT2D eigenvalue weighted by atomic mass is 35.5. The second-order valence-electron chi connectivity index (χ2n) is 8.08. The van der Waals surface area contributed by atoms with Crippen LogP contribution in [0.4, 0.5) is 10.5 Å². The van der Waals surface area contributed by atoms with Crippen LogP contribution in [0.2, 0.25) is 5.02 Å². The molecule has 0 aliphatic rings. The van der Waals surface area contributed by atoms with Crippen LogP contribution in [0, 0.1) is 13.8 Å². The lowest BCUT2D eigenvalue weighted by Crippen LogP contribution is -2.37. The van der Waals surface area contributed by atoms with E-state index in [1.165, 1.54) is 6.92 Å². The van der Waals surface area contributed by atoms with Gasteiger partial charge in [-0.05, 0) is 38.5 Å². The number of urea groups is 1. The molecule has 1 heterocycles.